The second-order valence-electron chi connectivity index (χ2n) is 8.29. The predicted molar refractivity (Wildman–Crippen MR) is 117 cm³/mol. The molecule has 35 heavy (non-hydrogen) atoms. The van der Waals surface area contributed by atoms with Crippen molar-refractivity contribution in [1.29, 1.82) is 0 Å². The molecule has 2 aliphatic rings. The number of fused-ring (bicyclic) bond motifs is 1. The van der Waals surface area contributed by atoms with E-state index in [0.717, 1.165) is 23.3 Å². The van der Waals surface area contributed by atoms with Crippen LogP contribution in [0.1, 0.15) is 35.6 Å². The molecule has 3 aromatic rings. The lowest BCUT2D eigenvalue weighted by atomic mass is 10.1. The zero-order valence-electron chi connectivity index (χ0n) is 18.3. The number of halogens is 3. The van der Waals surface area contributed by atoms with Gasteiger partial charge in [-0.25, -0.2) is 14.8 Å². The molecule has 0 bridgehead atoms. The summed E-state index contributed by atoms with van der Waals surface area (Å²) in [5.74, 6) is -0.813. The molecule has 14 heteroatoms. The first-order valence-electron chi connectivity index (χ1n) is 10.6. The molecule has 5 rings (SSSR count). The van der Waals surface area contributed by atoms with E-state index in [-0.39, 0.29) is 31.4 Å². The summed E-state index contributed by atoms with van der Waals surface area (Å²) in [6.45, 7) is -0.255. The van der Waals surface area contributed by atoms with Crippen LogP contribution in [0.25, 0.3) is 5.65 Å². The number of nitrogens with zero attached hydrogens (tertiary/aromatic N) is 6. The van der Waals surface area contributed by atoms with Gasteiger partial charge in [0.15, 0.2) is 5.65 Å². The van der Waals surface area contributed by atoms with E-state index >= 15 is 0 Å². The topological polar surface area (TPSA) is 125 Å². The Kier molecular flexibility index (Phi) is 5.29. The Hall–Kier alpha value is -4.23. The standard InChI is InChI=1S/C21H19F3N8O3/c1-30-16(34)9-32(20(30)35)15-4-12(11-2-3-11)7-31-8-13(28-18(15)31)5-25-17-14(21(22,23)24)6-26-19(29-17)27-10-33/h4,6-8,10-11H,2-3,5,9H2,1H3,(H2,25,26,27,29,33). The minimum absolute atomic E-state index is 0.123. The first-order valence-corrected chi connectivity index (χ1v) is 10.6. The maximum Gasteiger partial charge on any atom is 0.421 e. The van der Waals surface area contributed by atoms with Crippen LogP contribution in [0.5, 0.6) is 0 Å². The predicted octanol–water partition coefficient (Wildman–Crippen LogP) is 2.60. The van der Waals surface area contributed by atoms with Crippen molar-refractivity contribution in [3.63, 3.8) is 0 Å². The van der Waals surface area contributed by atoms with Gasteiger partial charge < -0.3 is 9.72 Å². The molecular weight excluding hydrogens is 469 g/mol. The van der Waals surface area contributed by atoms with E-state index in [1.165, 1.54) is 11.9 Å². The normalized spacial score (nSPS) is 16.3. The lowest BCUT2D eigenvalue weighted by molar-refractivity contribution is -0.137. The maximum absolute atomic E-state index is 13.4. The van der Waals surface area contributed by atoms with E-state index in [0.29, 0.717) is 29.1 Å². The zero-order valence-corrected chi connectivity index (χ0v) is 18.3. The van der Waals surface area contributed by atoms with Gasteiger partial charge in [0, 0.05) is 25.6 Å². The van der Waals surface area contributed by atoms with E-state index in [1.54, 1.807) is 10.6 Å². The largest absolute Gasteiger partial charge is 0.421 e. The monoisotopic (exact) mass is 488 g/mol. The molecular formula is C21H19F3N8O3. The summed E-state index contributed by atoms with van der Waals surface area (Å²) in [7, 11) is 1.40. The molecule has 0 unspecified atom stereocenters. The van der Waals surface area contributed by atoms with Crippen molar-refractivity contribution < 1.29 is 27.6 Å². The number of carbonyl (C=O) groups excluding carboxylic acids is 3. The van der Waals surface area contributed by atoms with Crippen LogP contribution in [-0.4, -0.2) is 56.2 Å². The fraction of sp³-hybridized carbons (Fsp3) is 0.333. The molecule has 0 radical (unpaired) electrons. The van der Waals surface area contributed by atoms with Crippen molar-refractivity contribution in [3.05, 3.63) is 41.5 Å². The minimum atomic E-state index is -4.72. The van der Waals surface area contributed by atoms with Crippen LogP contribution in [0, 0.1) is 0 Å². The summed E-state index contributed by atoms with van der Waals surface area (Å²) in [6.07, 6.45) is 1.65. The van der Waals surface area contributed by atoms with Crippen molar-refractivity contribution in [3.8, 4) is 0 Å². The number of hydrogen-bond donors (Lipinski definition) is 2. The second kappa shape index (κ2) is 8.21. The maximum atomic E-state index is 13.4. The van der Waals surface area contributed by atoms with Gasteiger partial charge in [-0.3, -0.25) is 24.7 Å². The third-order valence-corrected chi connectivity index (χ3v) is 5.85. The third-order valence-electron chi connectivity index (χ3n) is 5.85. The summed E-state index contributed by atoms with van der Waals surface area (Å²) < 4.78 is 41.9. The highest BCUT2D eigenvalue weighted by atomic mass is 19.4. The first-order chi connectivity index (χ1) is 16.7. The summed E-state index contributed by atoms with van der Waals surface area (Å²) in [4.78, 5) is 49.4. The quantitative estimate of drug-likeness (QED) is 0.387. The minimum Gasteiger partial charge on any atom is -0.364 e. The van der Waals surface area contributed by atoms with E-state index in [9.17, 15) is 27.6 Å². The van der Waals surface area contributed by atoms with Crippen LogP contribution in [0.3, 0.4) is 0 Å². The highest BCUT2D eigenvalue weighted by molar-refractivity contribution is 6.13. The molecule has 1 saturated heterocycles. The Bertz CT molecular complexity index is 1350. The fourth-order valence-corrected chi connectivity index (χ4v) is 3.88. The SMILES string of the molecule is CN1C(=O)CN(c2cc(C3CC3)cn3cc(CNc4nc(NC=O)ncc4C(F)(F)F)nc23)C1=O. The number of imide groups is 1. The lowest BCUT2D eigenvalue weighted by Crippen LogP contribution is -2.30. The number of rotatable bonds is 7. The molecule has 0 atom stereocenters. The zero-order chi connectivity index (χ0) is 24.9. The second-order valence-corrected chi connectivity index (χ2v) is 8.29. The molecule has 2 N–H and O–H groups in total. The number of imidazole rings is 1. The first kappa shape index (κ1) is 22.6. The molecule has 0 spiro atoms. The summed E-state index contributed by atoms with van der Waals surface area (Å²) in [6, 6.07) is 1.36. The van der Waals surface area contributed by atoms with Gasteiger partial charge in [0.05, 0.1) is 17.9 Å². The summed E-state index contributed by atoms with van der Waals surface area (Å²) >= 11 is 0. The van der Waals surface area contributed by atoms with Gasteiger partial charge in [0.2, 0.25) is 18.3 Å². The molecule has 4 heterocycles. The highest BCUT2D eigenvalue weighted by Gasteiger charge is 2.37. The number of urea groups is 1. The number of alkyl halides is 3. The van der Waals surface area contributed by atoms with E-state index in [2.05, 4.69) is 25.6 Å². The Morgan fingerprint density at radius 2 is 1.97 bits per heavy atom. The highest BCUT2D eigenvalue weighted by Crippen LogP contribution is 2.42. The number of aromatic nitrogens is 4. The summed E-state index contributed by atoms with van der Waals surface area (Å²) in [5.41, 5.74) is 1.11. The molecule has 1 aliphatic heterocycles. The van der Waals surface area contributed by atoms with E-state index in [4.69, 9.17) is 0 Å². The van der Waals surface area contributed by atoms with E-state index < -0.39 is 23.6 Å². The lowest BCUT2D eigenvalue weighted by Gasteiger charge is -2.17. The number of carbonyl (C=O) groups is 3. The van der Waals surface area contributed by atoms with Crippen LogP contribution in [0.15, 0.2) is 24.7 Å². The van der Waals surface area contributed by atoms with Gasteiger partial charge in [-0.1, -0.05) is 0 Å². The number of anilines is 3. The smallest absolute Gasteiger partial charge is 0.364 e. The molecule has 3 aromatic heterocycles. The van der Waals surface area contributed by atoms with Gasteiger partial charge in [-0.15, -0.1) is 0 Å². The van der Waals surface area contributed by atoms with Crippen LogP contribution in [0.4, 0.5) is 35.4 Å². The van der Waals surface area contributed by atoms with Crippen LogP contribution in [-0.2, 0) is 22.3 Å². The van der Waals surface area contributed by atoms with Gasteiger partial charge in [0.1, 0.15) is 17.9 Å². The van der Waals surface area contributed by atoms with Crippen LogP contribution in [0.2, 0.25) is 0 Å². The van der Waals surface area contributed by atoms with Crippen LogP contribution < -0.4 is 15.5 Å². The fourth-order valence-electron chi connectivity index (χ4n) is 3.88. The van der Waals surface area contributed by atoms with E-state index in [1.807, 2.05) is 12.3 Å². The molecule has 1 aliphatic carbocycles. The molecule has 11 nitrogen and oxygen atoms in total. The van der Waals surface area contributed by atoms with Gasteiger partial charge in [-0.05, 0) is 30.4 Å². The molecule has 182 valence electrons. The number of likely N-dealkylation sites (N-methyl/N-ethyl adjacent to an activating group) is 1. The van der Waals surface area contributed by atoms with Crippen molar-refractivity contribution in [1.82, 2.24) is 24.3 Å². The van der Waals surface area contributed by atoms with Crippen molar-refractivity contribution in [2.75, 3.05) is 29.1 Å². The average molecular weight is 488 g/mol. The molecule has 1 saturated carbocycles. The Labute approximate surface area is 196 Å². The van der Waals surface area contributed by atoms with Crippen LogP contribution >= 0.6 is 0 Å². The van der Waals surface area contributed by atoms with Gasteiger partial charge in [-0.2, -0.15) is 18.2 Å². The van der Waals surface area contributed by atoms with Crippen molar-refractivity contribution in [2.24, 2.45) is 0 Å². The molecule has 2 fully saturated rings. The number of pyridine rings is 1. The molecule has 4 amide bonds. The summed E-state index contributed by atoms with van der Waals surface area (Å²) in [5, 5.41) is 4.73. The Morgan fingerprint density at radius 3 is 2.60 bits per heavy atom. The van der Waals surface area contributed by atoms with Gasteiger partial charge in [0.25, 0.3) is 0 Å². The number of amides is 4. The average Bonchev–Trinajstić information content (AvgIpc) is 3.53. The number of hydrogen-bond acceptors (Lipinski definition) is 7. The number of nitrogens with one attached hydrogen (secondary N) is 2. The van der Waals surface area contributed by atoms with Crippen molar-refractivity contribution in [2.45, 2.75) is 31.5 Å². The third kappa shape index (κ3) is 4.22. The molecule has 0 aromatic carbocycles. The van der Waals surface area contributed by atoms with Gasteiger partial charge >= 0.3 is 12.2 Å². The Balaban J connectivity index is 1.49. The Morgan fingerprint density at radius 1 is 1.20 bits per heavy atom. The van der Waals surface area contributed by atoms with Crippen molar-refractivity contribution >= 4 is 41.4 Å².